The van der Waals surface area contributed by atoms with Gasteiger partial charge < -0.3 is 24.1 Å². The summed E-state index contributed by atoms with van der Waals surface area (Å²) in [6.07, 6.45) is 1.63. The van der Waals surface area contributed by atoms with Crippen molar-refractivity contribution in [2.24, 2.45) is 0 Å². The molecule has 0 amide bonds. The van der Waals surface area contributed by atoms with Crippen LogP contribution in [0.25, 0.3) is 11.4 Å². The molecule has 0 saturated carbocycles. The molecule has 25 heavy (non-hydrogen) atoms. The third kappa shape index (κ3) is 7.15. The van der Waals surface area contributed by atoms with Gasteiger partial charge >= 0.3 is 0 Å². The van der Waals surface area contributed by atoms with Crippen LogP contribution < -0.4 is 4.74 Å². The average molecular weight is 348 g/mol. The Morgan fingerprint density at radius 3 is 2.24 bits per heavy atom. The number of rotatable bonds is 12. The van der Waals surface area contributed by atoms with Gasteiger partial charge in [0, 0.05) is 18.9 Å². The van der Waals surface area contributed by atoms with Crippen molar-refractivity contribution in [2.45, 2.75) is 6.61 Å². The molecule has 0 unspecified atom stereocenters. The van der Waals surface area contributed by atoms with E-state index in [9.17, 15) is 0 Å². The number of ether oxygens (including phenoxy) is 4. The van der Waals surface area contributed by atoms with Crippen molar-refractivity contribution in [2.75, 3.05) is 46.8 Å². The first-order valence-corrected chi connectivity index (χ1v) is 8.14. The van der Waals surface area contributed by atoms with Crippen LogP contribution in [0.5, 0.6) is 5.75 Å². The molecule has 0 aliphatic carbocycles. The molecule has 2 rings (SSSR count). The van der Waals surface area contributed by atoms with Gasteiger partial charge in [-0.05, 0) is 30.3 Å². The molecule has 7 nitrogen and oxygen atoms in total. The van der Waals surface area contributed by atoms with E-state index in [1.165, 1.54) is 0 Å². The molecular weight excluding hydrogens is 324 g/mol. The van der Waals surface area contributed by atoms with Crippen molar-refractivity contribution in [1.29, 1.82) is 0 Å². The standard InChI is InChI=1S/C18H24N2O5/c1-22-8-9-23-10-11-24-12-13-25-17-4-2-15(3-5-17)18-19-7-6-16(14-21)20-18/h2-7,21H,8-14H2,1H3. The van der Waals surface area contributed by atoms with Gasteiger partial charge in [0.15, 0.2) is 5.82 Å². The molecular formula is C18H24N2O5. The summed E-state index contributed by atoms with van der Waals surface area (Å²) in [5.41, 5.74) is 1.46. The highest BCUT2D eigenvalue weighted by Crippen LogP contribution is 2.19. The number of methoxy groups -OCH3 is 1. The molecule has 0 saturated heterocycles. The maximum Gasteiger partial charge on any atom is 0.159 e. The van der Waals surface area contributed by atoms with E-state index in [0.29, 0.717) is 51.2 Å². The molecule has 0 radical (unpaired) electrons. The van der Waals surface area contributed by atoms with Gasteiger partial charge in [0.05, 0.1) is 45.3 Å². The molecule has 0 spiro atoms. The topological polar surface area (TPSA) is 82.9 Å². The molecule has 0 bridgehead atoms. The van der Waals surface area contributed by atoms with Crippen LogP contribution in [0.2, 0.25) is 0 Å². The van der Waals surface area contributed by atoms with Crippen molar-refractivity contribution >= 4 is 0 Å². The fourth-order valence-corrected chi connectivity index (χ4v) is 2.01. The summed E-state index contributed by atoms with van der Waals surface area (Å²) < 4.78 is 21.2. The number of aromatic nitrogens is 2. The number of benzene rings is 1. The third-order valence-electron chi connectivity index (χ3n) is 3.29. The highest BCUT2D eigenvalue weighted by molar-refractivity contribution is 5.56. The minimum Gasteiger partial charge on any atom is -0.491 e. The molecule has 0 aliphatic rings. The molecule has 1 heterocycles. The zero-order chi connectivity index (χ0) is 17.7. The lowest BCUT2D eigenvalue weighted by Gasteiger charge is -2.08. The average Bonchev–Trinajstić information content (AvgIpc) is 2.67. The maximum absolute atomic E-state index is 9.13. The van der Waals surface area contributed by atoms with E-state index in [2.05, 4.69) is 9.97 Å². The molecule has 2 aromatic rings. The predicted molar refractivity (Wildman–Crippen MR) is 92.4 cm³/mol. The Bertz CT molecular complexity index is 607. The summed E-state index contributed by atoms with van der Waals surface area (Å²) in [6, 6.07) is 9.17. The first-order chi connectivity index (χ1) is 12.3. The Hall–Kier alpha value is -2.06. The number of hydrogen-bond donors (Lipinski definition) is 1. The monoisotopic (exact) mass is 348 g/mol. The molecule has 1 N–H and O–H groups in total. The molecule has 1 aromatic heterocycles. The smallest absolute Gasteiger partial charge is 0.159 e. The number of nitrogens with zero attached hydrogens (tertiary/aromatic N) is 2. The van der Waals surface area contributed by atoms with Gasteiger partial charge in [-0.15, -0.1) is 0 Å². The van der Waals surface area contributed by atoms with Crippen LogP contribution in [0.15, 0.2) is 36.5 Å². The van der Waals surface area contributed by atoms with Crippen molar-refractivity contribution < 1.29 is 24.1 Å². The van der Waals surface area contributed by atoms with E-state index in [4.69, 9.17) is 24.1 Å². The molecule has 0 aliphatic heterocycles. The van der Waals surface area contributed by atoms with Crippen LogP contribution in [0.3, 0.4) is 0 Å². The lowest BCUT2D eigenvalue weighted by molar-refractivity contribution is 0.0180. The molecule has 0 atom stereocenters. The van der Waals surface area contributed by atoms with Gasteiger partial charge in [0.25, 0.3) is 0 Å². The van der Waals surface area contributed by atoms with Crippen molar-refractivity contribution in [3.05, 3.63) is 42.2 Å². The van der Waals surface area contributed by atoms with Crippen LogP contribution in [-0.4, -0.2) is 61.8 Å². The Balaban J connectivity index is 1.67. The Labute approximate surface area is 147 Å². The Morgan fingerprint density at radius 1 is 0.880 bits per heavy atom. The van der Waals surface area contributed by atoms with E-state index in [0.717, 1.165) is 11.3 Å². The molecule has 1 aromatic carbocycles. The van der Waals surface area contributed by atoms with Gasteiger partial charge in [0.2, 0.25) is 0 Å². The second-order valence-electron chi connectivity index (χ2n) is 5.12. The Kier molecular flexibility index (Phi) is 8.85. The van der Waals surface area contributed by atoms with E-state index in [1.807, 2.05) is 24.3 Å². The van der Waals surface area contributed by atoms with Crippen LogP contribution in [-0.2, 0) is 20.8 Å². The van der Waals surface area contributed by atoms with Gasteiger partial charge in [-0.2, -0.15) is 0 Å². The maximum atomic E-state index is 9.13. The summed E-state index contributed by atoms with van der Waals surface area (Å²) >= 11 is 0. The SMILES string of the molecule is COCCOCCOCCOc1ccc(-c2nccc(CO)n2)cc1. The highest BCUT2D eigenvalue weighted by atomic mass is 16.6. The van der Waals surface area contributed by atoms with Gasteiger partial charge in [-0.25, -0.2) is 9.97 Å². The van der Waals surface area contributed by atoms with Gasteiger partial charge in [-0.1, -0.05) is 0 Å². The molecule has 7 heteroatoms. The van der Waals surface area contributed by atoms with Gasteiger partial charge in [-0.3, -0.25) is 0 Å². The lowest BCUT2D eigenvalue weighted by atomic mass is 10.2. The summed E-state index contributed by atoms with van der Waals surface area (Å²) in [5, 5.41) is 9.13. The van der Waals surface area contributed by atoms with Crippen molar-refractivity contribution in [1.82, 2.24) is 9.97 Å². The second-order valence-corrected chi connectivity index (χ2v) is 5.12. The number of hydrogen-bond acceptors (Lipinski definition) is 7. The first kappa shape index (κ1) is 19.3. The number of aliphatic hydroxyl groups is 1. The quantitative estimate of drug-likeness (QED) is 0.585. The van der Waals surface area contributed by atoms with E-state index < -0.39 is 0 Å². The van der Waals surface area contributed by atoms with E-state index >= 15 is 0 Å². The fourth-order valence-electron chi connectivity index (χ4n) is 2.01. The molecule has 0 fully saturated rings. The number of aliphatic hydroxyl groups excluding tert-OH is 1. The minimum absolute atomic E-state index is 0.103. The summed E-state index contributed by atoms with van der Waals surface area (Å²) in [4.78, 5) is 8.48. The van der Waals surface area contributed by atoms with Crippen molar-refractivity contribution in [3.63, 3.8) is 0 Å². The predicted octanol–water partition coefficient (Wildman–Crippen LogP) is 1.69. The third-order valence-corrected chi connectivity index (χ3v) is 3.29. The van der Waals surface area contributed by atoms with E-state index in [-0.39, 0.29) is 6.61 Å². The minimum atomic E-state index is -0.103. The van der Waals surface area contributed by atoms with Gasteiger partial charge in [0.1, 0.15) is 12.4 Å². The van der Waals surface area contributed by atoms with Crippen LogP contribution in [0.4, 0.5) is 0 Å². The largest absolute Gasteiger partial charge is 0.491 e. The highest BCUT2D eigenvalue weighted by Gasteiger charge is 2.03. The lowest BCUT2D eigenvalue weighted by Crippen LogP contribution is -2.12. The summed E-state index contributed by atoms with van der Waals surface area (Å²) in [7, 11) is 1.64. The zero-order valence-electron chi connectivity index (χ0n) is 14.4. The zero-order valence-corrected chi connectivity index (χ0v) is 14.4. The summed E-state index contributed by atoms with van der Waals surface area (Å²) in [6.45, 7) is 3.11. The Morgan fingerprint density at radius 2 is 1.56 bits per heavy atom. The van der Waals surface area contributed by atoms with E-state index in [1.54, 1.807) is 19.4 Å². The molecule has 136 valence electrons. The fraction of sp³-hybridized carbons (Fsp3) is 0.444. The normalized spacial score (nSPS) is 10.8. The van der Waals surface area contributed by atoms with Crippen LogP contribution >= 0.6 is 0 Å². The first-order valence-electron chi connectivity index (χ1n) is 8.14. The van der Waals surface area contributed by atoms with Crippen molar-refractivity contribution in [3.8, 4) is 17.1 Å². The summed E-state index contributed by atoms with van der Waals surface area (Å²) in [5.74, 6) is 1.33. The van der Waals surface area contributed by atoms with Crippen LogP contribution in [0.1, 0.15) is 5.69 Å². The second kappa shape index (κ2) is 11.5. The van der Waals surface area contributed by atoms with Crippen LogP contribution in [0, 0.1) is 0 Å².